The van der Waals surface area contributed by atoms with E-state index in [0.29, 0.717) is 12.6 Å². The van der Waals surface area contributed by atoms with Gasteiger partial charge in [0.15, 0.2) is 0 Å². The fourth-order valence-electron chi connectivity index (χ4n) is 2.69. The highest BCUT2D eigenvalue weighted by molar-refractivity contribution is 5.90. The maximum Gasteiger partial charge on any atom is 0.322 e. The zero-order valence-corrected chi connectivity index (χ0v) is 15.7. The maximum absolute atomic E-state index is 12.8. The van der Waals surface area contributed by atoms with Gasteiger partial charge in [0.05, 0.1) is 6.04 Å². The maximum atomic E-state index is 12.8. The molecule has 2 aromatic rings. The van der Waals surface area contributed by atoms with Crippen LogP contribution in [0.25, 0.3) is 0 Å². The lowest BCUT2D eigenvalue weighted by Crippen LogP contribution is -2.37. The molecule has 0 unspecified atom stereocenters. The number of rotatable bonds is 6. The van der Waals surface area contributed by atoms with Gasteiger partial charge in [-0.1, -0.05) is 12.1 Å². The molecule has 0 radical (unpaired) electrons. The molecular formula is C20H28N4O. The summed E-state index contributed by atoms with van der Waals surface area (Å²) < 4.78 is 0. The molecule has 2 rings (SSSR count). The molecule has 0 bridgehead atoms. The van der Waals surface area contributed by atoms with Crippen molar-refractivity contribution in [1.82, 2.24) is 9.88 Å². The molecule has 1 heterocycles. The van der Waals surface area contributed by atoms with E-state index in [4.69, 9.17) is 0 Å². The van der Waals surface area contributed by atoms with Crippen molar-refractivity contribution in [2.45, 2.75) is 39.8 Å². The number of nitrogens with one attached hydrogen (secondary N) is 1. The third-order valence-electron chi connectivity index (χ3n) is 4.52. The van der Waals surface area contributed by atoms with Gasteiger partial charge in [-0.2, -0.15) is 0 Å². The summed E-state index contributed by atoms with van der Waals surface area (Å²) in [5.41, 5.74) is 2.90. The molecule has 0 saturated heterocycles. The monoisotopic (exact) mass is 340 g/mol. The average molecular weight is 340 g/mol. The normalized spacial score (nSPS) is 11.9. The number of amides is 2. The molecule has 0 saturated carbocycles. The number of carbonyl (C=O) groups excluding carboxylic acids is 1. The standard InChI is InChI=1S/C20H28N4O/c1-6-24(16(4)17-9-8-12-21-14-17)20(25)22-18-10-7-11-19(13-18)23(5)15(2)3/h7-16H,6H2,1-5H3,(H,22,25)/t16-/m0/s1. The van der Waals surface area contributed by atoms with Crippen molar-refractivity contribution in [2.75, 3.05) is 23.8 Å². The Hall–Kier alpha value is -2.56. The summed E-state index contributed by atoms with van der Waals surface area (Å²) in [6.45, 7) is 8.89. The van der Waals surface area contributed by atoms with E-state index in [9.17, 15) is 4.79 Å². The van der Waals surface area contributed by atoms with Gasteiger partial charge in [-0.25, -0.2) is 4.79 Å². The Morgan fingerprint density at radius 3 is 2.56 bits per heavy atom. The summed E-state index contributed by atoms with van der Waals surface area (Å²) in [4.78, 5) is 20.9. The molecule has 1 aromatic heterocycles. The van der Waals surface area contributed by atoms with Crippen molar-refractivity contribution < 1.29 is 4.79 Å². The fourth-order valence-corrected chi connectivity index (χ4v) is 2.69. The first kappa shape index (κ1) is 18.8. The van der Waals surface area contributed by atoms with E-state index < -0.39 is 0 Å². The molecule has 0 aliphatic carbocycles. The van der Waals surface area contributed by atoms with E-state index in [2.05, 4.69) is 36.1 Å². The Kier molecular flexibility index (Phi) is 6.39. The second-order valence-corrected chi connectivity index (χ2v) is 6.43. The SMILES string of the molecule is CCN(C(=O)Nc1cccc(N(C)C(C)C)c1)[C@@H](C)c1cccnc1. The number of urea groups is 1. The molecule has 25 heavy (non-hydrogen) atoms. The predicted octanol–water partition coefficient (Wildman–Crippen LogP) is 4.54. The van der Waals surface area contributed by atoms with E-state index in [1.54, 1.807) is 17.3 Å². The summed E-state index contributed by atoms with van der Waals surface area (Å²) in [7, 11) is 2.05. The molecule has 134 valence electrons. The smallest absolute Gasteiger partial charge is 0.322 e. The Bertz CT molecular complexity index is 687. The van der Waals surface area contributed by atoms with Crippen LogP contribution in [-0.4, -0.2) is 35.5 Å². The summed E-state index contributed by atoms with van der Waals surface area (Å²) in [5, 5.41) is 3.02. The van der Waals surface area contributed by atoms with Gasteiger partial charge in [-0.3, -0.25) is 4.98 Å². The van der Waals surface area contributed by atoms with Crippen LogP contribution in [0.1, 0.15) is 39.3 Å². The molecular weight excluding hydrogens is 312 g/mol. The molecule has 5 heteroatoms. The van der Waals surface area contributed by atoms with Gasteiger partial charge >= 0.3 is 6.03 Å². The van der Waals surface area contributed by atoms with Crippen LogP contribution in [0.3, 0.4) is 0 Å². The Balaban J connectivity index is 2.13. The van der Waals surface area contributed by atoms with Crippen LogP contribution >= 0.6 is 0 Å². The lowest BCUT2D eigenvalue weighted by Gasteiger charge is -2.29. The number of carbonyl (C=O) groups is 1. The predicted molar refractivity (Wildman–Crippen MR) is 104 cm³/mol. The Morgan fingerprint density at radius 2 is 1.96 bits per heavy atom. The van der Waals surface area contributed by atoms with Crippen molar-refractivity contribution in [1.29, 1.82) is 0 Å². The highest BCUT2D eigenvalue weighted by Gasteiger charge is 2.20. The minimum Gasteiger partial charge on any atom is -0.372 e. The van der Waals surface area contributed by atoms with Crippen LogP contribution in [0.15, 0.2) is 48.8 Å². The molecule has 0 fully saturated rings. The second-order valence-electron chi connectivity index (χ2n) is 6.43. The number of pyridine rings is 1. The summed E-state index contributed by atoms with van der Waals surface area (Å²) in [5.74, 6) is 0. The van der Waals surface area contributed by atoms with E-state index in [1.165, 1.54) is 0 Å². The lowest BCUT2D eigenvalue weighted by atomic mass is 10.1. The number of hydrogen-bond acceptors (Lipinski definition) is 3. The minimum atomic E-state index is -0.108. The zero-order chi connectivity index (χ0) is 18.4. The number of anilines is 2. The summed E-state index contributed by atoms with van der Waals surface area (Å²) >= 11 is 0. The highest BCUT2D eigenvalue weighted by Crippen LogP contribution is 2.23. The van der Waals surface area contributed by atoms with Crippen molar-refractivity contribution >= 4 is 17.4 Å². The average Bonchev–Trinajstić information content (AvgIpc) is 2.62. The summed E-state index contributed by atoms with van der Waals surface area (Å²) in [6.07, 6.45) is 3.54. The highest BCUT2D eigenvalue weighted by atomic mass is 16.2. The van der Waals surface area contributed by atoms with Crippen molar-refractivity contribution in [3.8, 4) is 0 Å². The van der Waals surface area contributed by atoms with Crippen LogP contribution in [0.2, 0.25) is 0 Å². The molecule has 1 aromatic carbocycles. The number of hydrogen-bond donors (Lipinski definition) is 1. The second kappa shape index (κ2) is 8.51. The van der Waals surface area contributed by atoms with E-state index >= 15 is 0 Å². The van der Waals surface area contributed by atoms with Crippen LogP contribution in [0.4, 0.5) is 16.2 Å². The first-order valence-corrected chi connectivity index (χ1v) is 8.74. The van der Waals surface area contributed by atoms with Crippen LogP contribution in [0.5, 0.6) is 0 Å². The fraction of sp³-hybridized carbons (Fsp3) is 0.400. The summed E-state index contributed by atoms with van der Waals surface area (Å²) in [6, 6.07) is 12.1. The molecule has 2 amide bonds. The molecule has 1 atom stereocenters. The molecule has 0 aliphatic heterocycles. The third-order valence-corrected chi connectivity index (χ3v) is 4.52. The van der Waals surface area contributed by atoms with Gasteiger partial charge in [0, 0.05) is 43.4 Å². The van der Waals surface area contributed by atoms with Gasteiger partial charge in [-0.15, -0.1) is 0 Å². The van der Waals surface area contributed by atoms with Crippen LogP contribution in [0, 0.1) is 0 Å². The van der Waals surface area contributed by atoms with Gasteiger partial charge in [0.2, 0.25) is 0 Å². The van der Waals surface area contributed by atoms with Gasteiger partial charge in [-0.05, 0) is 57.5 Å². The first-order chi connectivity index (χ1) is 11.9. The first-order valence-electron chi connectivity index (χ1n) is 8.74. The van der Waals surface area contributed by atoms with Gasteiger partial charge in [0.25, 0.3) is 0 Å². The zero-order valence-electron chi connectivity index (χ0n) is 15.7. The third kappa shape index (κ3) is 4.72. The van der Waals surface area contributed by atoms with E-state index in [0.717, 1.165) is 16.9 Å². The van der Waals surface area contributed by atoms with Crippen LogP contribution in [-0.2, 0) is 0 Å². The Labute approximate surface area is 150 Å². The van der Waals surface area contributed by atoms with Gasteiger partial charge in [0.1, 0.15) is 0 Å². The van der Waals surface area contributed by atoms with E-state index in [1.807, 2.05) is 50.2 Å². The lowest BCUT2D eigenvalue weighted by molar-refractivity contribution is 0.197. The van der Waals surface area contributed by atoms with E-state index in [-0.39, 0.29) is 12.1 Å². The van der Waals surface area contributed by atoms with Crippen molar-refractivity contribution in [3.05, 3.63) is 54.4 Å². The molecule has 1 N–H and O–H groups in total. The number of benzene rings is 1. The minimum absolute atomic E-state index is 0.0415. The molecule has 0 spiro atoms. The van der Waals surface area contributed by atoms with Crippen molar-refractivity contribution in [3.63, 3.8) is 0 Å². The van der Waals surface area contributed by atoms with Crippen molar-refractivity contribution in [2.24, 2.45) is 0 Å². The quantitative estimate of drug-likeness (QED) is 0.840. The molecule has 0 aliphatic rings. The van der Waals surface area contributed by atoms with Gasteiger partial charge < -0.3 is 15.1 Å². The Morgan fingerprint density at radius 1 is 1.20 bits per heavy atom. The van der Waals surface area contributed by atoms with Crippen LogP contribution < -0.4 is 10.2 Å². The number of aromatic nitrogens is 1. The number of nitrogens with zero attached hydrogens (tertiary/aromatic N) is 3. The molecule has 5 nitrogen and oxygen atoms in total. The largest absolute Gasteiger partial charge is 0.372 e. The topological polar surface area (TPSA) is 48.5 Å².